The number of benzene rings is 1. The zero-order valence-corrected chi connectivity index (χ0v) is 66.5. The number of likely N-dealkylation sites (tertiary alicyclic amines) is 3. The molecule has 7 nitrogen and oxygen atoms in total. The summed E-state index contributed by atoms with van der Waals surface area (Å²) >= 11 is 0. The van der Waals surface area contributed by atoms with Crippen LogP contribution in [0.3, 0.4) is 0 Å². The van der Waals surface area contributed by atoms with Crippen LogP contribution in [0, 0.1) is 44.3 Å². The van der Waals surface area contributed by atoms with Gasteiger partial charge in [-0.25, -0.2) is 0 Å². The largest absolute Gasteiger partial charge is 0.372 e. The third kappa shape index (κ3) is 22.6. The van der Waals surface area contributed by atoms with E-state index in [2.05, 4.69) is 308 Å². The van der Waals surface area contributed by atoms with Crippen LogP contribution in [-0.2, 0) is 11.3 Å². The van der Waals surface area contributed by atoms with E-state index in [4.69, 9.17) is 4.74 Å². The third-order valence-corrected chi connectivity index (χ3v) is 21.4. The zero-order chi connectivity index (χ0) is 68.5. The number of rotatable bonds is 1. The van der Waals surface area contributed by atoms with Crippen LogP contribution >= 0.6 is 0 Å². The SMILES string of the molecule is CC(C)(C)C1C2CCCCC2CN1C(C)(C)C.CC(C)(C)C1CCCCN1C(C)(C)C.CC(C)(C)C1CCCCN1C(C)(C)C.CC(C)(C)C1OC2(CC2)CN1C(C)(C)C.CC(C)(C)C1c2ccccc2CN1C(C)(C)C.CC(C)N1C=CCC1C(C)(C)C. The Morgan fingerprint density at radius 1 is 0.438 bits per heavy atom. The second-order valence-corrected chi connectivity index (χ2v) is 41.5. The van der Waals surface area contributed by atoms with Crippen molar-refractivity contribution in [1.29, 1.82) is 0 Å². The highest BCUT2D eigenvalue weighted by molar-refractivity contribution is 5.36. The van der Waals surface area contributed by atoms with Crippen molar-refractivity contribution < 1.29 is 4.74 Å². The molecule has 0 radical (unpaired) electrons. The molecule has 0 N–H and O–H groups in total. The minimum Gasteiger partial charge on any atom is -0.372 e. The average Bonchev–Trinajstić information content (AvgIpc) is 1.61. The van der Waals surface area contributed by atoms with Crippen molar-refractivity contribution in [2.45, 2.75) is 408 Å². The van der Waals surface area contributed by atoms with Crippen LogP contribution in [0.4, 0.5) is 0 Å². The van der Waals surface area contributed by atoms with Crippen LogP contribution in [0.1, 0.15) is 343 Å². The standard InChI is InChI=1S/C16H31N.C16H25N.C13H25NO.2C13H27N.C11H21N/c2*1-15(2,3)14-13-10-8-7-9-12(13)11-17(14)16(4,5)6;1-11(2,3)10-14(12(4,5)6)9-13(15-10)7-8-13;2*1-12(2,3)11-9-7-8-10-14(11)13(4,5)6;1-9(2)12-8-6-7-10(12)11(3,4)5/h12-14H,7-11H2,1-6H3;7-10,14H,11H2,1-6H3;10H,7-9H2,1-6H3;2*11H,7-10H2,1-6H3;6,8-10H,7H2,1-5H3. The first kappa shape index (κ1) is 80.0. The summed E-state index contributed by atoms with van der Waals surface area (Å²) in [6.07, 6.45) is 22.7. The van der Waals surface area contributed by atoms with Gasteiger partial charge in [-0.05, 0) is 245 Å². The van der Waals surface area contributed by atoms with E-state index in [1.165, 1.54) is 114 Å². The van der Waals surface area contributed by atoms with Crippen LogP contribution in [0.15, 0.2) is 36.5 Å². The van der Waals surface area contributed by atoms with E-state index in [1.54, 1.807) is 0 Å². The van der Waals surface area contributed by atoms with Crippen LogP contribution in [-0.4, -0.2) is 125 Å². The van der Waals surface area contributed by atoms with Crippen molar-refractivity contribution in [2.24, 2.45) is 44.3 Å². The molecule has 0 amide bonds. The molecule has 89 heavy (non-hydrogen) atoms. The highest BCUT2D eigenvalue weighted by Crippen LogP contribution is 2.53. The van der Waals surface area contributed by atoms with Gasteiger partial charge in [0.2, 0.25) is 0 Å². The van der Waals surface area contributed by atoms with Crippen LogP contribution in [0.5, 0.6) is 0 Å². The topological polar surface area (TPSA) is 28.7 Å². The maximum absolute atomic E-state index is 6.29. The van der Waals surface area contributed by atoms with Gasteiger partial charge in [-0.3, -0.25) is 24.5 Å². The monoisotopic (exact) mass is 1240 g/mol. The van der Waals surface area contributed by atoms with Crippen molar-refractivity contribution >= 4 is 0 Å². The smallest absolute Gasteiger partial charge is 0.116 e. The number of hydrogen-bond acceptors (Lipinski definition) is 7. The lowest BCUT2D eigenvalue weighted by molar-refractivity contribution is -0.0980. The first-order valence-corrected chi connectivity index (χ1v) is 37.0. The normalized spacial score (nSPS) is 27.9. The lowest BCUT2D eigenvalue weighted by atomic mass is 9.71. The Kier molecular flexibility index (Phi) is 26.5. The summed E-state index contributed by atoms with van der Waals surface area (Å²) in [5.74, 6) is 1.94. The Labute approximate surface area is 557 Å². The Hall–Kier alpha value is -1.48. The minimum absolute atomic E-state index is 0.208. The van der Waals surface area contributed by atoms with Gasteiger partial charge in [-0.2, -0.15) is 0 Å². The van der Waals surface area contributed by atoms with Gasteiger partial charge < -0.3 is 9.64 Å². The molecule has 1 aromatic rings. The predicted molar refractivity (Wildman–Crippen MR) is 393 cm³/mol. The molecule has 520 valence electrons. The first-order valence-electron chi connectivity index (χ1n) is 37.0. The van der Waals surface area contributed by atoms with Crippen LogP contribution in [0.2, 0.25) is 0 Å². The fraction of sp³-hybridized carbons (Fsp3) is 0.902. The molecule has 9 rings (SSSR count). The highest BCUT2D eigenvalue weighted by atomic mass is 16.5. The van der Waals surface area contributed by atoms with Gasteiger partial charge in [0.25, 0.3) is 0 Å². The fourth-order valence-corrected chi connectivity index (χ4v) is 16.7. The molecule has 4 saturated heterocycles. The molecule has 1 aromatic carbocycles. The molecule has 8 atom stereocenters. The summed E-state index contributed by atoms with van der Waals surface area (Å²) in [6, 6.07) is 13.1. The minimum atomic E-state index is 0.208. The van der Waals surface area contributed by atoms with Gasteiger partial charge in [0.15, 0.2) is 0 Å². The quantitative estimate of drug-likeness (QED) is 0.277. The third-order valence-electron chi connectivity index (χ3n) is 21.4. The summed E-state index contributed by atoms with van der Waals surface area (Å²) < 4.78 is 6.29. The molecule has 1 spiro atoms. The Balaban J connectivity index is 0.000000229. The van der Waals surface area contributed by atoms with Gasteiger partial charge in [0.05, 0.1) is 5.60 Å². The van der Waals surface area contributed by atoms with Crippen LogP contribution in [0.25, 0.3) is 0 Å². The van der Waals surface area contributed by atoms with E-state index in [1.807, 2.05) is 0 Å². The number of fused-ring (bicyclic) bond motifs is 2. The molecule has 7 heteroatoms. The van der Waals surface area contributed by atoms with Gasteiger partial charge in [-0.1, -0.05) is 181 Å². The zero-order valence-electron chi connectivity index (χ0n) is 66.5. The molecule has 2 saturated carbocycles. The molecular weight excluding hydrogens is 1080 g/mol. The van der Waals surface area contributed by atoms with E-state index in [0.717, 1.165) is 43.1 Å². The maximum atomic E-state index is 6.29. The van der Waals surface area contributed by atoms with E-state index in [9.17, 15) is 0 Å². The highest BCUT2D eigenvalue weighted by Gasteiger charge is 2.58. The second kappa shape index (κ2) is 29.5. The summed E-state index contributed by atoms with van der Waals surface area (Å²) in [4.78, 5) is 15.9. The first-order chi connectivity index (χ1) is 39.9. The van der Waals surface area contributed by atoms with Gasteiger partial charge in [-0.15, -0.1) is 0 Å². The molecule has 8 unspecified atom stereocenters. The van der Waals surface area contributed by atoms with Crippen molar-refractivity contribution in [3.8, 4) is 0 Å². The molecule has 0 aromatic heterocycles. The lowest BCUT2D eigenvalue weighted by Crippen LogP contribution is -2.55. The maximum Gasteiger partial charge on any atom is 0.116 e. The predicted octanol–water partition coefficient (Wildman–Crippen LogP) is 22.1. The van der Waals surface area contributed by atoms with E-state index in [0.29, 0.717) is 56.4 Å². The molecule has 6 heterocycles. The van der Waals surface area contributed by atoms with E-state index >= 15 is 0 Å². The number of piperidine rings is 2. The van der Waals surface area contributed by atoms with Gasteiger partial charge in [0, 0.05) is 89.0 Å². The molecule has 2 aliphatic carbocycles. The Bertz CT molecular complexity index is 2190. The van der Waals surface area contributed by atoms with Crippen molar-refractivity contribution in [3.05, 3.63) is 47.7 Å². The van der Waals surface area contributed by atoms with Crippen molar-refractivity contribution in [2.75, 3.05) is 26.2 Å². The second-order valence-electron chi connectivity index (χ2n) is 41.5. The Morgan fingerprint density at radius 2 is 0.865 bits per heavy atom. The van der Waals surface area contributed by atoms with E-state index in [-0.39, 0.29) is 33.7 Å². The summed E-state index contributed by atoms with van der Waals surface area (Å²) in [7, 11) is 0. The fourth-order valence-electron chi connectivity index (χ4n) is 16.7. The lowest BCUT2D eigenvalue weighted by Gasteiger charge is -2.50. The van der Waals surface area contributed by atoms with Crippen molar-refractivity contribution in [3.63, 3.8) is 0 Å². The number of nitrogens with zero attached hydrogens (tertiary/aromatic N) is 6. The molecule has 6 fully saturated rings. The van der Waals surface area contributed by atoms with E-state index < -0.39 is 0 Å². The van der Waals surface area contributed by atoms with Crippen LogP contribution < -0.4 is 0 Å². The summed E-state index contributed by atoms with van der Waals surface area (Å²) in [5.41, 5.74) is 6.83. The molecular formula is C82H156N6O. The Morgan fingerprint density at radius 3 is 1.21 bits per heavy atom. The number of hydrogen-bond donors (Lipinski definition) is 0. The molecule has 8 aliphatic rings. The average molecular weight is 1240 g/mol. The van der Waals surface area contributed by atoms with Gasteiger partial charge in [0.1, 0.15) is 6.23 Å². The number of ether oxygens (including phenoxy) is 1. The molecule has 6 aliphatic heterocycles. The summed E-state index contributed by atoms with van der Waals surface area (Å²) in [5, 5.41) is 0. The van der Waals surface area contributed by atoms with Gasteiger partial charge >= 0.3 is 0 Å². The summed E-state index contributed by atoms with van der Waals surface area (Å²) in [6.45, 7) is 88.1. The van der Waals surface area contributed by atoms with Crippen molar-refractivity contribution in [1.82, 2.24) is 29.4 Å². The molecule has 0 bridgehead atoms.